The van der Waals surface area contributed by atoms with E-state index in [9.17, 15) is 14.7 Å². The summed E-state index contributed by atoms with van der Waals surface area (Å²) in [6.45, 7) is 0. The van der Waals surface area contributed by atoms with Crippen LogP contribution in [-0.2, 0) is 0 Å². The molecule has 1 unspecified atom stereocenters. The standard InChI is InChI=1S/C22H14O6S/c23-20(12-1-5-15(6-2-12)27-11-29)13-3-7-16-19(10-13)28-18-8-4-14(22(25)26)9-17(18)21(16)24/h1-11,20,23H,(H,25,26). The summed E-state index contributed by atoms with van der Waals surface area (Å²) in [5.74, 6) is -0.556. The van der Waals surface area contributed by atoms with E-state index in [4.69, 9.17) is 14.3 Å². The Labute approximate surface area is 169 Å². The van der Waals surface area contributed by atoms with Crippen LogP contribution in [0.4, 0.5) is 0 Å². The van der Waals surface area contributed by atoms with Crippen LogP contribution in [0.25, 0.3) is 21.9 Å². The normalized spacial score (nSPS) is 12.0. The summed E-state index contributed by atoms with van der Waals surface area (Å²) in [5, 5.41) is 20.3. The third kappa shape index (κ3) is 3.49. The van der Waals surface area contributed by atoms with Crippen LogP contribution in [-0.4, -0.2) is 21.7 Å². The van der Waals surface area contributed by atoms with Crippen molar-refractivity contribution >= 4 is 45.7 Å². The second kappa shape index (κ2) is 7.46. The topological polar surface area (TPSA) is 97.0 Å². The van der Waals surface area contributed by atoms with Crippen LogP contribution in [0.2, 0.25) is 0 Å². The highest BCUT2D eigenvalue weighted by Gasteiger charge is 2.15. The van der Waals surface area contributed by atoms with Crippen molar-refractivity contribution in [3.63, 3.8) is 0 Å². The fourth-order valence-corrected chi connectivity index (χ4v) is 3.26. The zero-order valence-electron chi connectivity index (χ0n) is 14.9. The molecule has 1 atom stereocenters. The molecule has 4 rings (SSSR count). The minimum absolute atomic E-state index is 0.0114. The van der Waals surface area contributed by atoms with E-state index in [2.05, 4.69) is 12.2 Å². The molecule has 1 aromatic heterocycles. The number of thiocarbonyl (C=S) groups is 1. The van der Waals surface area contributed by atoms with Gasteiger partial charge in [0.25, 0.3) is 0 Å². The van der Waals surface area contributed by atoms with Crippen molar-refractivity contribution in [2.24, 2.45) is 0 Å². The van der Waals surface area contributed by atoms with Crippen molar-refractivity contribution < 1.29 is 24.2 Å². The Morgan fingerprint density at radius 3 is 2.38 bits per heavy atom. The van der Waals surface area contributed by atoms with Gasteiger partial charge in [-0.3, -0.25) is 4.79 Å². The van der Waals surface area contributed by atoms with E-state index < -0.39 is 12.1 Å². The maximum absolute atomic E-state index is 12.8. The minimum atomic E-state index is -1.12. The molecule has 0 amide bonds. The molecule has 0 spiro atoms. The molecule has 4 aromatic rings. The molecule has 1 heterocycles. The van der Waals surface area contributed by atoms with Gasteiger partial charge < -0.3 is 19.4 Å². The van der Waals surface area contributed by atoms with Gasteiger partial charge in [-0.25, -0.2) is 4.79 Å². The number of rotatable bonds is 5. The number of hydrogen-bond acceptors (Lipinski definition) is 6. The van der Waals surface area contributed by atoms with Crippen LogP contribution in [0.3, 0.4) is 0 Å². The number of carboxylic acid groups (broad SMARTS) is 1. The molecule has 0 saturated heterocycles. The average Bonchev–Trinajstić information content (AvgIpc) is 2.73. The summed E-state index contributed by atoms with van der Waals surface area (Å²) in [6.07, 6.45) is -0.934. The van der Waals surface area contributed by atoms with E-state index in [0.29, 0.717) is 27.8 Å². The lowest BCUT2D eigenvalue weighted by Gasteiger charge is -2.13. The molecule has 0 bridgehead atoms. The number of carbonyl (C=O) groups is 1. The molecule has 0 aliphatic heterocycles. The molecule has 3 aromatic carbocycles. The number of hydrogen-bond donors (Lipinski definition) is 2. The number of aliphatic hydroxyl groups is 1. The van der Waals surface area contributed by atoms with Gasteiger partial charge in [0.2, 0.25) is 5.43 Å². The summed E-state index contributed by atoms with van der Waals surface area (Å²) < 4.78 is 10.9. The lowest BCUT2D eigenvalue weighted by molar-refractivity contribution is 0.0697. The zero-order chi connectivity index (χ0) is 20.5. The first-order chi connectivity index (χ1) is 14.0. The SMILES string of the molecule is O=C(O)c1ccc2oc3cc(C(O)c4ccc(OC=S)cc4)ccc3c(=O)c2c1. The van der Waals surface area contributed by atoms with Crippen molar-refractivity contribution in [1.82, 2.24) is 0 Å². The fraction of sp³-hybridized carbons (Fsp3) is 0.0455. The highest BCUT2D eigenvalue weighted by Crippen LogP contribution is 2.27. The molecule has 6 nitrogen and oxygen atoms in total. The van der Waals surface area contributed by atoms with Crippen molar-refractivity contribution in [3.8, 4) is 5.75 Å². The lowest BCUT2D eigenvalue weighted by Crippen LogP contribution is -2.06. The molecular formula is C22H14O6S. The predicted octanol–water partition coefficient (Wildman–Crippen LogP) is 4.06. The van der Waals surface area contributed by atoms with Crippen LogP contribution in [0.15, 0.2) is 69.9 Å². The maximum atomic E-state index is 12.8. The van der Waals surface area contributed by atoms with Gasteiger partial charge in [0.15, 0.2) is 5.55 Å². The molecule has 0 saturated carbocycles. The molecule has 7 heteroatoms. The summed E-state index contributed by atoms with van der Waals surface area (Å²) in [4.78, 5) is 23.9. The van der Waals surface area contributed by atoms with Crippen LogP contribution in [0, 0.1) is 0 Å². The maximum Gasteiger partial charge on any atom is 0.335 e. The number of ether oxygens (including phenoxy) is 1. The summed E-state index contributed by atoms with van der Waals surface area (Å²) >= 11 is 4.64. The van der Waals surface area contributed by atoms with Gasteiger partial charge >= 0.3 is 5.97 Å². The fourth-order valence-electron chi connectivity index (χ4n) is 3.15. The second-order valence-electron chi connectivity index (χ2n) is 6.39. The number of benzene rings is 3. The highest BCUT2D eigenvalue weighted by molar-refractivity contribution is 7.78. The Bertz CT molecular complexity index is 1310. The smallest absolute Gasteiger partial charge is 0.335 e. The van der Waals surface area contributed by atoms with E-state index in [1.54, 1.807) is 42.5 Å². The number of aliphatic hydroxyl groups excluding tert-OH is 1. The van der Waals surface area contributed by atoms with Gasteiger partial charge in [-0.1, -0.05) is 18.2 Å². The predicted molar refractivity (Wildman–Crippen MR) is 112 cm³/mol. The van der Waals surface area contributed by atoms with Crippen molar-refractivity contribution in [2.45, 2.75) is 6.10 Å². The summed E-state index contributed by atoms with van der Waals surface area (Å²) in [6, 6.07) is 15.8. The molecule has 0 radical (unpaired) electrons. The molecule has 144 valence electrons. The average molecular weight is 406 g/mol. The minimum Gasteiger partial charge on any atom is -0.478 e. The molecular weight excluding hydrogens is 392 g/mol. The Hall–Kier alpha value is -3.55. The molecule has 0 aliphatic carbocycles. The first-order valence-corrected chi connectivity index (χ1v) is 9.07. The van der Waals surface area contributed by atoms with E-state index in [0.717, 1.165) is 5.55 Å². The van der Waals surface area contributed by atoms with Crippen molar-refractivity contribution in [2.75, 3.05) is 0 Å². The Morgan fingerprint density at radius 2 is 1.69 bits per heavy atom. The van der Waals surface area contributed by atoms with Gasteiger partial charge in [-0.05, 0) is 65.8 Å². The van der Waals surface area contributed by atoms with Gasteiger partial charge in [-0.15, -0.1) is 0 Å². The Kier molecular flexibility index (Phi) is 4.84. The van der Waals surface area contributed by atoms with E-state index in [1.165, 1.54) is 18.2 Å². The summed E-state index contributed by atoms with van der Waals surface area (Å²) in [7, 11) is 0. The number of carboxylic acids is 1. The van der Waals surface area contributed by atoms with E-state index in [-0.39, 0.29) is 22.0 Å². The quantitative estimate of drug-likeness (QED) is 0.381. The lowest BCUT2D eigenvalue weighted by atomic mass is 10.00. The zero-order valence-corrected chi connectivity index (χ0v) is 15.7. The molecule has 2 N–H and O–H groups in total. The van der Waals surface area contributed by atoms with E-state index in [1.807, 2.05) is 0 Å². The van der Waals surface area contributed by atoms with Crippen molar-refractivity contribution in [1.29, 1.82) is 0 Å². The van der Waals surface area contributed by atoms with Gasteiger partial charge in [0.05, 0.1) is 16.3 Å². The van der Waals surface area contributed by atoms with Gasteiger partial charge in [0.1, 0.15) is 23.0 Å². The molecule has 29 heavy (non-hydrogen) atoms. The Balaban J connectivity index is 1.78. The monoisotopic (exact) mass is 406 g/mol. The highest BCUT2D eigenvalue weighted by atomic mass is 32.1. The third-order valence-electron chi connectivity index (χ3n) is 4.64. The van der Waals surface area contributed by atoms with Crippen LogP contribution < -0.4 is 10.2 Å². The third-order valence-corrected chi connectivity index (χ3v) is 4.73. The number of fused-ring (bicyclic) bond motifs is 2. The number of aromatic carboxylic acids is 1. The first-order valence-electron chi connectivity index (χ1n) is 8.60. The van der Waals surface area contributed by atoms with E-state index >= 15 is 0 Å². The Morgan fingerprint density at radius 1 is 0.966 bits per heavy atom. The largest absolute Gasteiger partial charge is 0.478 e. The van der Waals surface area contributed by atoms with Gasteiger partial charge in [-0.2, -0.15) is 0 Å². The van der Waals surface area contributed by atoms with Crippen molar-refractivity contribution in [3.05, 3.63) is 87.6 Å². The second-order valence-corrected chi connectivity index (χ2v) is 6.58. The van der Waals surface area contributed by atoms with Crippen LogP contribution in [0.1, 0.15) is 27.6 Å². The molecule has 0 aliphatic rings. The summed E-state index contributed by atoms with van der Waals surface area (Å²) in [5.41, 5.74) is 2.61. The van der Waals surface area contributed by atoms with Crippen LogP contribution >= 0.6 is 12.2 Å². The van der Waals surface area contributed by atoms with Crippen LogP contribution in [0.5, 0.6) is 5.75 Å². The molecule has 0 fully saturated rings. The first kappa shape index (κ1) is 18.8. The van der Waals surface area contributed by atoms with Gasteiger partial charge in [0, 0.05) is 0 Å².